The van der Waals surface area contributed by atoms with Gasteiger partial charge in [-0.2, -0.15) is 4.40 Å². The lowest BCUT2D eigenvalue weighted by atomic mass is 10.2. The summed E-state index contributed by atoms with van der Waals surface area (Å²) in [5.74, 6) is -0.228. The molecule has 0 unspecified atom stereocenters. The molecule has 0 aliphatic carbocycles. The van der Waals surface area contributed by atoms with Crippen LogP contribution in [0.4, 0.5) is 4.39 Å². The average molecular weight is 271 g/mol. The maximum absolute atomic E-state index is 13.5. The largest absolute Gasteiger partial charge is 0.491 e. The van der Waals surface area contributed by atoms with Crippen molar-refractivity contribution in [1.29, 1.82) is 0 Å². The lowest BCUT2D eigenvalue weighted by Crippen LogP contribution is -2.19. The van der Waals surface area contributed by atoms with E-state index in [1.54, 1.807) is 19.1 Å². The minimum atomic E-state index is -1.34. The van der Waals surface area contributed by atoms with Crippen LogP contribution >= 0.6 is 0 Å². The first-order chi connectivity index (χ1) is 8.34. The van der Waals surface area contributed by atoms with Crippen molar-refractivity contribution in [3.8, 4) is 5.75 Å². The van der Waals surface area contributed by atoms with Gasteiger partial charge in [0.05, 0.1) is 11.4 Å². The van der Waals surface area contributed by atoms with Crippen LogP contribution in [0.25, 0.3) is 0 Å². The Morgan fingerprint density at radius 3 is 2.61 bits per heavy atom. The molecule has 0 fully saturated rings. The zero-order chi connectivity index (χ0) is 13.8. The van der Waals surface area contributed by atoms with E-state index in [1.807, 2.05) is 20.8 Å². The highest BCUT2D eigenvalue weighted by molar-refractivity contribution is 7.85. The molecule has 0 spiro atoms. The van der Waals surface area contributed by atoms with Crippen molar-refractivity contribution in [2.45, 2.75) is 32.4 Å². The molecule has 0 bridgehead atoms. The van der Waals surface area contributed by atoms with Crippen LogP contribution in [0.1, 0.15) is 33.3 Å². The Kier molecular flexibility index (Phi) is 5.02. The topological polar surface area (TPSA) is 38.7 Å². The van der Waals surface area contributed by atoms with Crippen LogP contribution in [-0.2, 0) is 11.0 Å². The molecule has 1 rings (SSSR count). The average Bonchev–Trinajstić information content (AvgIpc) is 2.28. The van der Waals surface area contributed by atoms with E-state index in [0.717, 1.165) is 0 Å². The monoisotopic (exact) mass is 271 g/mol. The zero-order valence-corrected chi connectivity index (χ0v) is 11.9. The van der Waals surface area contributed by atoms with Gasteiger partial charge >= 0.3 is 0 Å². The van der Waals surface area contributed by atoms with Gasteiger partial charge in [-0.25, -0.2) is 8.60 Å². The van der Waals surface area contributed by atoms with Gasteiger partial charge in [-0.3, -0.25) is 0 Å². The Hall–Kier alpha value is -1.23. The van der Waals surface area contributed by atoms with E-state index in [9.17, 15) is 8.60 Å². The van der Waals surface area contributed by atoms with Crippen LogP contribution in [0.3, 0.4) is 0 Å². The summed E-state index contributed by atoms with van der Waals surface area (Å²) in [6.07, 6.45) is 1.42. The third-order valence-electron chi connectivity index (χ3n) is 2.08. The summed E-state index contributed by atoms with van der Waals surface area (Å²) in [4.78, 5) is 0. The lowest BCUT2D eigenvalue weighted by molar-refractivity contribution is 0.321. The second-order valence-corrected chi connectivity index (χ2v) is 6.65. The molecule has 0 radical (unpaired) electrons. The normalized spacial score (nSPS) is 13.8. The van der Waals surface area contributed by atoms with E-state index >= 15 is 0 Å². The molecule has 0 aromatic heterocycles. The van der Waals surface area contributed by atoms with Crippen molar-refractivity contribution in [2.24, 2.45) is 4.40 Å². The number of hydrogen-bond donors (Lipinski definition) is 0. The fourth-order valence-electron chi connectivity index (χ4n) is 1.14. The Labute approximate surface area is 110 Å². The van der Waals surface area contributed by atoms with Crippen molar-refractivity contribution in [3.05, 3.63) is 29.6 Å². The lowest BCUT2D eigenvalue weighted by Gasteiger charge is -2.12. The summed E-state index contributed by atoms with van der Waals surface area (Å²) >= 11 is 0. The molecule has 0 aliphatic heterocycles. The minimum Gasteiger partial charge on any atom is -0.491 e. The van der Waals surface area contributed by atoms with Crippen LogP contribution in [0.15, 0.2) is 22.6 Å². The zero-order valence-electron chi connectivity index (χ0n) is 11.1. The van der Waals surface area contributed by atoms with Gasteiger partial charge in [-0.15, -0.1) is 0 Å². The summed E-state index contributed by atoms with van der Waals surface area (Å²) in [5.41, 5.74) is 0.563. The van der Waals surface area contributed by atoms with Crippen LogP contribution < -0.4 is 4.74 Å². The standard InChI is InChI=1S/C13H18FNO2S/c1-5-17-12-7-6-10(8-11(12)14)9-15-18(16)13(2,3)4/h6-9H,5H2,1-4H3/t18-/m0/s1. The molecule has 100 valence electrons. The van der Waals surface area contributed by atoms with Crippen molar-refractivity contribution >= 4 is 17.2 Å². The van der Waals surface area contributed by atoms with Gasteiger partial charge in [0.15, 0.2) is 11.6 Å². The summed E-state index contributed by atoms with van der Waals surface area (Å²) in [7, 11) is -1.34. The Morgan fingerprint density at radius 1 is 1.44 bits per heavy atom. The summed E-state index contributed by atoms with van der Waals surface area (Å²) in [6.45, 7) is 7.71. The number of benzene rings is 1. The molecular formula is C13H18FNO2S. The molecule has 0 amide bonds. The van der Waals surface area contributed by atoms with Gasteiger partial charge in [0.25, 0.3) is 0 Å². The van der Waals surface area contributed by atoms with E-state index < -0.39 is 21.5 Å². The van der Waals surface area contributed by atoms with Gasteiger partial charge in [-0.05, 0) is 51.5 Å². The van der Waals surface area contributed by atoms with Crippen molar-refractivity contribution in [3.63, 3.8) is 0 Å². The molecule has 3 nitrogen and oxygen atoms in total. The number of ether oxygens (including phenoxy) is 1. The predicted octanol–water partition coefficient (Wildman–Crippen LogP) is 3.11. The van der Waals surface area contributed by atoms with E-state index in [2.05, 4.69) is 4.40 Å². The SMILES string of the molecule is CCOc1ccc(C=N[S@@](=O)C(C)(C)C)cc1F. The van der Waals surface area contributed by atoms with Crippen molar-refractivity contribution < 1.29 is 13.3 Å². The van der Waals surface area contributed by atoms with Crippen molar-refractivity contribution in [2.75, 3.05) is 6.61 Å². The quantitative estimate of drug-likeness (QED) is 0.789. The van der Waals surface area contributed by atoms with E-state index in [4.69, 9.17) is 4.74 Å². The molecule has 0 saturated heterocycles. The molecule has 1 aromatic carbocycles. The second-order valence-electron chi connectivity index (χ2n) is 4.72. The van der Waals surface area contributed by atoms with Crippen LogP contribution in [-0.4, -0.2) is 21.8 Å². The molecule has 0 heterocycles. The molecule has 5 heteroatoms. The molecular weight excluding hydrogens is 253 g/mol. The van der Waals surface area contributed by atoms with Gasteiger partial charge in [-0.1, -0.05) is 0 Å². The van der Waals surface area contributed by atoms with Gasteiger partial charge in [0.2, 0.25) is 0 Å². The number of halogens is 1. The van der Waals surface area contributed by atoms with E-state index in [1.165, 1.54) is 12.3 Å². The van der Waals surface area contributed by atoms with Crippen LogP contribution in [0.2, 0.25) is 0 Å². The van der Waals surface area contributed by atoms with Gasteiger partial charge < -0.3 is 4.74 Å². The number of nitrogens with zero attached hydrogens (tertiary/aromatic N) is 1. The molecule has 1 aromatic rings. The maximum atomic E-state index is 13.5. The molecule has 1 atom stereocenters. The predicted molar refractivity (Wildman–Crippen MR) is 73.1 cm³/mol. The Balaban J connectivity index is 2.84. The molecule has 0 saturated carbocycles. The number of rotatable bonds is 4. The fraction of sp³-hybridized carbons (Fsp3) is 0.462. The first kappa shape index (κ1) is 14.8. The minimum absolute atomic E-state index is 0.214. The van der Waals surface area contributed by atoms with Gasteiger partial charge in [0.1, 0.15) is 11.0 Å². The van der Waals surface area contributed by atoms with E-state index in [-0.39, 0.29) is 5.75 Å². The fourth-order valence-corrected chi connectivity index (χ4v) is 1.67. The van der Waals surface area contributed by atoms with Crippen molar-refractivity contribution in [1.82, 2.24) is 0 Å². The summed E-state index contributed by atoms with van der Waals surface area (Å²) in [5, 5.41) is 0. The maximum Gasteiger partial charge on any atom is 0.165 e. The highest BCUT2D eigenvalue weighted by Gasteiger charge is 2.18. The van der Waals surface area contributed by atoms with Gasteiger partial charge in [0, 0.05) is 6.21 Å². The Morgan fingerprint density at radius 2 is 2.11 bits per heavy atom. The first-order valence-electron chi connectivity index (χ1n) is 5.73. The molecule has 0 N–H and O–H groups in total. The highest BCUT2D eigenvalue weighted by atomic mass is 32.2. The summed E-state index contributed by atoms with van der Waals surface area (Å²) in [6, 6.07) is 4.53. The van der Waals surface area contributed by atoms with E-state index in [0.29, 0.717) is 12.2 Å². The highest BCUT2D eigenvalue weighted by Crippen LogP contribution is 2.18. The third kappa shape index (κ3) is 4.22. The Bertz CT molecular complexity index is 467. The van der Waals surface area contributed by atoms with Crippen LogP contribution in [0.5, 0.6) is 5.75 Å². The smallest absolute Gasteiger partial charge is 0.165 e. The second kappa shape index (κ2) is 6.09. The number of hydrogen-bond acceptors (Lipinski definition) is 2. The summed E-state index contributed by atoms with van der Waals surface area (Å²) < 4.78 is 33.8. The molecule has 0 aliphatic rings. The first-order valence-corrected chi connectivity index (χ1v) is 6.83. The molecule has 18 heavy (non-hydrogen) atoms. The van der Waals surface area contributed by atoms with Crippen LogP contribution in [0, 0.1) is 5.82 Å². The third-order valence-corrected chi connectivity index (χ3v) is 3.42.